The highest BCUT2D eigenvalue weighted by atomic mass is 16.2. The fraction of sp³-hybridized carbons (Fsp3) is 0.722. The molecule has 2 N–H and O–H groups in total. The Labute approximate surface area is 144 Å². The van der Waals surface area contributed by atoms with Gasteiger partial charge in [0.2, 0.25) is 11.8 Å². The van der Waals surface area contributed by atoms with Crippen LogP contribution in [-0.2, 0) is 22.6 Å². The molecular formula is C18H30N4O2. The molecule has 6 nitrogen and oxygen atoms in total. The van der Waals surface area contributed by atoms with Crippen molar-refractivity contribution in [2.45, 2.75) is 59.9 Å². The van der Waals surface area contributed by atoms with E-state index in [0.29, 0.717) is 25.3 Å². The van der Waals surface area contributed by atoms with E-state index in [0.717, 1.165) is 37.3 Å². The summed E-state index contributed by atoms with van der Waals surface area (Å²) >= 11 is 0. The summed E-state index contributed by atoms with van der Waals surface area (Å²) in [4.78, 5) is 25.6. The minimum atomic E-state index is -0.297. The van der Waals surface area contributed by atoms with Crippen LogP contribution in [0.15, 0.2) is 0 Å². The third-order valence-electron chi connectivity index (χ3n) is 4.83. The summed E-state index contributed by atoms with van der Waals surface area (Å²) in [5, 5.41) is 4.61. The lowest BCUT2D eigenvalue weighted by atomic mass is 9.97. The Balaban J connectivity index is 1.96. The summed E-state index contributed by atoms with van der Waals surface area (Å²) in [7, 11) is 0. The SMILES string of the molecule is Cc1nn(CC(C)C)c(C)c1CCC(=O)N1CCCC(C(N)=O)C1. The minimum Gasteiger partial charge on any atom is -0.369 e. The first-order valence-electron chi connectivity index (χ1n) is 8.89. The molecule has 0 saturated carbocycles. The molecule has 0 radical (unpaired) electrons. The molecule has 1 aromatic heterocycles. The van der Waals surface area contributed by atoms with Gasteiger partial charge < -0.3 is 10.6 Å². The Morgan fingerprint density at radius 1 is 1.33 bits per heavy atom. The van der Waals surface area contributed by atoms with Crippen LogP contribution < -0.4 is 5.73 Å². The molecule has 134 valence electrons. The van der Waals surface area contributed by atoms with E-state index in [1.807, 2.05) is 11.6 Å². The number of nitrogens with two attached hydrogens (primary N) is 1. The average Bonchev–Trinajstić information content (AvgIpc) is 2.78. The normalized spacial score (nSPS) is 18.2. The smallest absolute Gasteiger partial charge is 0.222 e. The first kappa shape index (κ1) is 18.5. The monoisotopic (exact) mass is 334 g/mol. The lowest BCUT2D eigenvalue weighted by Gasteiger charge is -2.31. The van der Waals surface area contributed by atoms with Gasteiger partial charge in [-0.25, -0.2) is 0 Å². The van der Waals surface area contributed by atoms with E-state index >= 15 is 0 Å². The number of carbonyl (C=O) groups excluding carboxylic acids is 2. The van der Waals surface area contributed by atoms with Crippen LogP contribution >= 0.6 is 0 Å². The predicted molar refractivity (Wildman–Crippen MR) is 93.4 cm³/mol. The molecule has 1 atom stereocenters. The van der Waals surface area contributed by atoms with E-state index in [9.17, 15) is 9.59 Å². The fourth-order valence-electron chi connectivity index (χ4n) is 3.45. The number of amides is 2. The van der Waals surface area contributed by atoms with Gasteiger partial charge in [-0.1, -0.05) is 13.8 Å². The summed E-state index contributed by atoms with van der Waals surface area (Å²) in [6.07, 6.45) is 2.80. The standard InChI is InChI=1S/C18H30N4O2/c1-12(2)10-22-14(4)16(13(3)20-22)7-8-17(23)21-9-5-6-15(11-21)18(19)24/h12,15H,5-11H2,1-4H3,(H2,19,24). The zero-order chi connectivity index (χ0) is 17.9. The second-order valence-electron chi connectivity index (χ2n) is 7.31. The van der Waals surface area contributed by atoms with E-state index in [-0.39, 0.29) is 17.7 Å². The van der Waals surface area contributed by atoms with Gasteiger partial charge in [0.1, 0.15) is 0 Å². The Bertz CT molecular complexity index is 606. The summed E-state index contributed by atoms with van der Waals surface area (Å²) < 4.78 is 2.05. The molecular weight excluding hydrogens is 304 g/mol. The van der Waals surface area contributed by atoms with E-state index < -0.39 is 0 Å². The molecule has 6 heteroatoms. The third-order valence-corrected chi connectivity index (χ3v) is 4.83. The molecule has 1 unspecified atom stereocenters. The zero-order valence-electron chi connectivity index (χ0n) is 15.3. The van der Waals surface area contributed by atoms with Crippen molar-refractivity contribution >= 4 is 11.8 Å². The zero-order valence-corrected chi connectivity index (χ0v) is 15.3. The van der Waals surface area contributed by atoms with Crippen LogP contribution in [0.5, 0.6) is 0 Å². The Hall–Kier alpha value is -1.85. The molecule has 0 bridgehead atoms. The van der Waals surface area contributed by atoms with Crippen LogP contribution in [0.2, 0.25) is 0 Å². The summed E-state index contributed by atoms with van der Waals surface area (Å²) in [6.45, 7) is 10.5. The summed E-state index contributed by atoms with van der Waals surface area (Å²) in [5.74, 6) is 0.155. The van der Waals surface area contributed by atoms with Crippen LogP contribution in [0.3, 0.4) is 0 Å². The number of aryl methyl sites for hydroxylation is 1. The molecule has 1 aliphatic heterocycles. The number of hydrogen-bond donors (Lipinski definition) is 1. The van der Waals surface area contributed by atoms with Gasteiger partial charge in [0.15, 0.2) is 0 Å². The van der Waals surface area contributed by atoms with Crippen molar-refractivity contribution in [1.29, 1.82) is 0 Å². The van der Waals surface area contributed by atoms with Crippen LogP contribution in [0.4, 0.5) is 0 Å². The maximum absolute atomic E-state index is 12.5. The van der Waals surface area contributed by atoms with E-state index in [2.05, 4.69) is 25.9 Å². The van der Waals surface area contributed by atoms with E-state index in [1.165, 1.54) is 5.56 Å². The molecule has 2 rings (SSSR count). The molecule has 0 aliphatic carbocycles. The van der Waals surface area contributed by atoms with Gasteiger partial charge in [0, 0.05) is 31.7 Å². The maximum Gasteiger partial charge on any atom is 0.222 e. The van der Waals surface area contributed by atoms with E-state index in [1.54, 1.807) is 4.90 Å². The summed E-state index contributed by atoms with van der Waals surface area (Å²) in [5.41, 5.74) is 8.73. The fourth-order valence-corrected chi connectivity index (χ4v) is 3.45. The lowest BCUT2D eigenvalue weighted by molar-refractivity contribution is -0.134. The average molecular weight is 334 g/mol. The van der Waals surface area contributed by atoms with Crippen molar-refractivity contribution in [1.82, 2.24) is 14.7 Å². The van der Waals surface area contributed by atoms with Gasteiger partial charge in [0.25, 0.3) is 0 Å². The number of likely N-dealkylation sites (tertiary alicyclic amines) is 1. The van der Waals surface area contributed by atoms with Crippen molar-refractivity contribution in [2.75, 3.05) is 13.1 Å². The van der Waals surface area contributed by atoms with Crippen molar-refractivity contribution in [3.05, 3.63) is 17.0 Å². The Morgan fingerprint density at radius 2 is 2.04 bits per heavy atom. The first-order valence-corrected chi connectivity index (χ1v) is 8.89. The maximum atomic E-state index is 12.5. The molecule has 2 heterocycles. The summed E-state index contributed by atoms with van der Waals surface area (Å²) in [6, 6.07) is 0. The number of piperidine rings is 1. The number of carbonyl (C=O) groups is 2. The van der Waals surface area contributed by atoms with Crippen molar-refractivity contribution in [3.63, 3.8) is 0 Å². The van der Waals surface area contributed by atoms with Gasteiger partial charge in [-0.2, -0.15) is 5.10 Å². The van der Waals surface area contributed by atoms with Gasteiger partial charge in [-0.3, -0.25) is 14.3 Å². The van der Waals surface area contributed by atoms with Crippen LogP contribution in [0.25, 0.3) is 0 Å². The van der Waals surface area contributed by atoms with Crippen LogP contribution in [0.1, 0.15) is 50.1 Å². The predicted octanol–water partition coefficient (Wildman–Crippen LogP) is 1.81. The number of nitrogens with zero attached hydrogens (tertiary/aromatic N) is 3. The van der Waals surface area contributed by atoms with Gasteiger partial charge in [-0.05, 0) is 44.6 Å². The highest BCUT2D eigenvalue weighted by molar-refractivity contribution is 5.80. The largest absolute Gasteiger partial charge is 0.369 e. The lowest BCUT2D eigenvalue weighted by Crippen LogP contribution is -2.44. The number of rotatable bonds is 6. The molecule has 24 heavy (non-hydrogen) atoms. The number of primary amides is 1. The molecule has 1 aromatic rings. The molecule has 1 saturated heterocycles. The van der Waals surface area contributed by atoms with Crippen molar-refractivity contribution < 1.29 is 9.59 Å². The van der Waals surface area contributed by atoms with Crippen LogP contribution in [-0.4, -0.2) is 39.6 Å². The second kappa shape index (κ2) is 7.81. The van der Waals surface area contributed by atoms with Crippen LogP contribution in [0, 0.1) is 25.7 Å². The van der Waals surface area contributed by atoms with Crippen molar-refractivity contribution in [3.8, 4) is 0 Å². The Kier molecular flexibility index (Phi) is 6.02. The quantitative estimate of drug-likeness (QED) is 0.861. The third kappa shape index (κ3) is 4.36. The second-order valence-corrected chi connectivity index (χ2v) is 7.31. The minimum absolute atomic E-state index is 0.108. The molecule has 2 amide bonds. The van der Waals surface area contributed by atoms with E-state index in [4.69, 9.17) is 5.73 Å². The highest BCUT2D eigenvalue weighted by Crippen LogP contribution is 2.20. The Morgan fingerprint density at radius 3 is 2.67 bits per heavy atom. The van der Waals surface area contributed by atoms with Gasteiger partial charge >= 0.3 is 0 Å². The first-order chi connectivity index (χ1) is 11.3. The van der Waals surface area contributed by atoms with Crippen molar-refractivity contribution in [2.24, 2.45) is 17.6 Å². The number of aromatic nitrogens is 2. The number of hydrogen-bond acceptors (Lipinski definition) is 3. The molecule has 0 spiro atoms. The van der Waals surface area contributed by atoms with Gasteiger partial charge in [-0.15, -0.1) is 0 Å². The van der Waals surface area contributed by atoms with Gasteiger partial charge in [0.05, 0.1) is 11.6 Å². The molecule has 1 fully saturated rings. The molecule has 1 aliphatic rings. The highest BCUT2D eigenvalue weighted by Gasteiger charge is 2.27. The topological polar surface area (TPSA) is 81.2 Å². The molecule has 0 aromatic carbocycles.